The number of ether oxygens (including phenoxy) is 1. The molecule has 0 spiro atoms. The molecule has 1 unspecified atom stereocenters. The lowest BCUT2D eigenvalue weighted by Crippen LogP contribution is -2.45. The van der Waals surface area contributed by atoms with Gasteiger partial charge < -0.3 is 10.1 Å². The van der Waals surface area contributed by atoms with E-state index in [1.807, 2.05) is 6.92 Å². The lowest BCUT2D eigenvalue weighted by atomic mass is 9.83. The molecule has 126 valence electrons. The molecule has 1 aromatic rings. The fraction of sp³-hybridized carbons (Fsp3) is 0.600. The number of nitrogens with one attached hydrogen (secondary N) is 2. The van der Waals surface area contributed by atoms with Crippen molar-refractivity contribution in [1.82, 2.24) is 10.0 Å². The van der Waals surface area contributed by atoms with Gasteiger partial charge in [0.15, 0.2) is 0 Å². The largest absolute Gasteiger partial charge is 0.494 e. The second-order valence-corrected chi connectivity index (χ2v) is 7.59. The van der Waals surface area contributed by atoms with E-state index in [1.54, 1.807) is 24.3 Å². The minimum atomic E-state index is -3.46. The number of benzene rings is 1. The monoisotopic (exact) mass is 348 g/mol. The molecule has 1 atom stereocenters. The minimum absolute atomic E-state index is 0. The van der Waals surface area contributed by atoms with Gasteiger partial charge in [-0.2, -0.15) is 0 Å². The van der Waals surface area contributed by atoms with Crippen LogP contribution in [0.4, 0.5) is 0 Å². The third-order valence-electron chi connectivity index (χ3n) is 3.82. The van der Waals surface area contributed by atoms with Crippen LogP contribution in [0.5, 0.6) is 5.75 Å². The number of piperidine rings is 1. The molecule has 5 nitrogen and oxygen atoms in total. The Balaban J connectivity index is 0.00000242. The van der Waals surface area contributed by atoms with Gasteiger partial charge >= 0.3 is 0 Å². The molecule has 0 saturated carbocycles. The standard InChI is InChI=1S/C15H24N2O3S.ClH/c1-3-20-13-5-7-14(8-6-13)21(18,19)17-12-15(2)9-4-10-16-11-15;/h5-8,16-17H,3-4,9-12H2,1-2H3;1H. The Kier molecular flexibility index (Phi) is 7.12. The molecule has 0 aliphatic carbocycles. The molecule has 1 aromatic carbocycles. The molecular weight excluding hydrogens is 324 g/mol. The van der Waals surface area contributed by atoms with Crippen LogP contribution >= 0.6 is 12.4 Å². The average Bonchev–Trinajstić information content (AvgIpc) is 2.47. The van der Waals surface area contributed by atoms with Crippen molar-refractivity contribution >= 4 is 22.4 Å². The Morgan fingerprint density at radius 3 is 2.55 bits per heavy atom. The maximum Gasteiger partial charge on any atom is 0.240 e. The molecule has 1 aliphatic rings. The van der Waals surface area contributed by atoms with E-state index in [2.05, 4.69) is 17.0 Å². The summed E-state index contributed by atoms with van der Waals surface area (Å²) in [6.07, 6.45) is 2.12. The van der Waals surface area contributed by atoms with E-state index in [9.17, 15) is 8.42 Å². The molecule has 0 bridgehead atoms. The Labute approximate surface area is 139 Å². The van der Waals surface area contributed by atoms with Crippen LogP contribution in [-0.2, 0) is 10.0 Å². The molecule has 1 saturated heterocycles. The zero-order valence-corrected chi connectivity index (χ0v) is 14.7. The summed E-state index contributed by atoms with van der Waals surface area (Å²) in [4.78, 5) is 0.276. The maximum atomic E-state index is 12.3. The first-order chi connectivity index (χ1) is 9.95. The second kappa shape index (κ2) is 8.15. The van der Waals surface area contributed by atoms with Crippen molar-refractivity contribution in [2.24, 2.45) is 5.41 Å². The summed E-state index contributed by atoms with van der Waals surface area (Å²) in [6, 6.07) is 6.52. The van der Waals surface area contributed by atoms with Gasteiger partial charge in [-0.15, -0.1) is 12.4 Å². The lowest BCUT2D eigenvalue weighted by molar-refractivity contribution is 0.238. The summed E-state index contributed by atoms with van der Waals surface area (Å²) in [5, 5.41) is 3.32. The van der Waals surface area contributed by atoms with Crippen molar-refractivity contribution in [1.29, 1.82) is 0 Å². The number of hydrogen-bond donors (Lipinski definition) is 2. The highest BCUT2D eigenvalue weighted by molar-refractivity contribution is 7.89. The van der Waals surface area contributed by atoms with Gasteiger partial charge in [-0.3, -0.25) is 0 Å². The van der Waals surface area contributed by atoms with E-state index in [0.717, 1.165) is 25.9 Å². The number of halogens is 1. The average molecular weight is 349 g/mol. The molecule has 22 heavy (non-hydrogen) atoms. The highest BCUT2D eigenvalue weighted by Gasteiger charge is 2.28. The molecule has 0 amide bonds. The molecular formula is C15H25ClN2O3S. The first-order valence-electron chi connectivity index (χ1n) is 7.38. The van der Waals surface area contributed by atoms with Crippen molar-refractivity contribution in [3.8, 4) is 5.75 Å². The highest BCUT2D eigenvalue weighted by Crippen LogP contribution is 2.25. The van der Waals surface area contributed by atoms with Crippen molar-refractivity contribution in [3.63, 3.8) is 0 Å². The predicted octanol–water partition coefficient (Wildman–Crippen LogP) is 2.18. The van der Waals surface area contributed by atoms with Crippen LogP contribution in [0.25, 0.3) is 0 Å². The fourth-order valence-electron chi connectivity index (χ4n) is 2.50. The summed E-state index contributed by atoms with van der Waals surface area (Å²) in [6.45, 7) is 6.89. The van der Waals surface area contributed by atoms with Gasteiger partial charge in [-0.1, -0.05) is 6.92 Å². The topological polar surface area (TPSA) is 67.4 Å². The fourth-order valence-corrected chi connectivity index (χ4v) is 3.70. The summed E-state index contributed by atoms with van der Waals surface area (Å²) in [5.41, 5.74) is -0.0173. The Morgan fingerprint density at radius 1 is 1.32 bits per heavy atom. The molecule has 2 rings (SSSR count). The third kappa shape index (κ3) is 5.12. The van der Waals surface area contributed by atoms with Crippen molar-refractivity contribution < 1.29 is 13.2 Å². The van der Waals surface area contributed by atoms with E-state index in [4.69, 9.17) is 4.74 Å². The first kappa shape index (κ1) is 19.2. The number of hydrogen-bond acceptors (Lipinski definition) is 4. The van der Waals surface area contributed by atoms with Gasteiger partial charge in [0, 0.05) is 13.1 Å². The van der Waals surface area contributed by atoms with E-state index in [-0.39, 0.29) is 22.7 Å². The maximum absolute atomic E-state index is 12.3. The minimum Gasteiger partial charge on any atom is -0.494 e. The SMILES string of the molecule is CCOc1ccc(S(=O)(=O)NCC2(C)CCCNC2)cc1.Cl. The predicted molar refractivity (Wildman–Crippen MR) is 90.3 cm³/mol. The van der Waals surface area contributed by atoms with Crippen LogP contribution in [-0.4, -0.2) is 34.7 Å². The van der Waals surface area contributed by atoms with Crippen molar-refractivity contribution in [3.05, 3.63) is 24.3 Å². The Bertz CT molecular complexity index is 555. The third-order valence-corrected chi connectivity index (χ3v) is 5.24. The van der Waals surface area contributed by atoms with E-state index >= 15 is 0 Å². The van der Waals surface area contributed by atoms with Gasteiger partial charge in [-0.25, -0.2) is 13.1 Å². The zero-order chi connectivity index (χ0) is 15.3. The van der Waals surface area contributed by atoms with Gasteiger partial charge in [0.05, 0.1) is 11.5 Å². The molecule has 1 heterocycles. The molecule has 7 heteroatoms. The number of rotatable bonds is 6. The summed E-state index contributed by atoms with van der Waals surface area (Å²) in [5.74, 6) is 0.680. The van der Waals surface area contributed by atoms with Gasteiger partial charge in [0.25, 0.3) is 0 Å². The molecule has 0 radical (unpaired) electrons. The summed E-state index contributed by atoms with van der Waals surface area (Å²) >= 11 is 0. The second-order valence-electron chi connectivity index (χ2n) is 5.82. The van der Waals surface area contributed by atoms with Crippen LogP contribution in [0.2, 0.25) is 0 Å². The van der Waals surface area contributed by atoms with Crippen LogP contribution < -0.4 is 14.8 Å². The van der Waals surface area contributed by atoms with Gasteiger partial charge in [-0.05, 0) is 56.0 Å². The first-order valence-corrected chi connectivity index (χ1v) is 8.87. The van der Waals surface area contributed by atoms with E-state index in [0.29, 0.717) is 18.9 Å². The smallest absolute Gasteiger partial charge is 0.240 e. The van der Waals surface area contributed by atoms with Crippen molar-refractivity contribution in [2.75, 3.05) is 26.2 Å². The summed E-state index contributed by atoms with van der Waals surface area (Å²) in [7, 11) is -3.46. The molecule has 2 N–H and O–H groups in total. The highest BCUT2D eigenvalue weighted by atomic mass is 35.5. The molecule has 1 aliphatic heterocycles. The van der Waals surface area contributed by atoms with Crippen LogP contribution in [0.3, 0.4) is 0 Å². The Morgan fingerprint density at radius 2 is 2.00 bits per heavy atom. The summed E-state index contributed by atoms with van der Waals surface area (Å²) < 4.78 is 32.7. The molecule has 1 fully saturated rings. The quantitative estimate of drug-likeness (QED) is 0.826. The van der Waals surface area contributed by atoms with Crippen LogP contribution in [0, 0.1) is 5.41 Å². The van der Waals surface area contributed by atoms with Crippen LogP contribution in [0.1, 0.15) is 26.7 Å². The molecule has 0 aromatic heterocycles. The normalized spacial score (nSPS) is 21.9. The van der Waals surface area contributed by atoms with Crippen molar-refractivity contribution in [2.45, 2.75) is 31.6 Å². The zero-order valence-electron chi connectivity index (χ0n) is 13.1. The van der Waals surface area contributed by atoms with E-state index in [1.165, 1.54) is 0 Å². The van der Waals surface area contributed by atoms with Crippen LogP contribution in [0.15, 0.2) is 29.2 Å². The van der Waals surface area contributed by atoms with E-state index < -0.39 is 10.0 Å². The van der Waals surface area contributed by atoms with Gasteiger partial charge in [0.1, 0.15) is 5.75 Å². The lowest BCUT2D eigenvalue weighted by Gasteiger charge is -2.34. The Hall–Kier alpha value is -0.820. The van der Waals surface area contributed by atoms with Gasteiger partial charge in [0.2, 0.25) is 10.0 Å². The number of sulfonamides is 1.